The number of carboxylic acid groups (broad SMARTS) is 1. The van der Waals surface area contributed by atoms with Crippen LogP contribution in [0.4, 0.5) is 0 Å². The van der Waals surface area contributed by atoms with E-state index in [9.17, 15) is 9.59 Å². The molecular weight excluding hydrogens is 210 g/mol. The van der Waals surface area contributed by atoms with Crippen molar-refractivity contribution in [2.24, 2.45) is 5.10 Å². The van der Waals surface area contributed by atoms with E-state index in [4.69, 9.17) is 5.11 Å². The van der Waals surface area contributed by atoms with Gasteiger partial charge in [-0.15, -0.1) is 0 Å². The molecule has 0 aromatic carbocycles. The number of nitrogens with zero attached hydrogens (tertiary/aromatic N) is 2. The average molecular weight is 221 g/mol. The number of amides is 1. The van der Waals surface area contributed by atoms with E-state index in [1.807, 2.05) is 0 Å². The standard InChI is InChI=1S/C10H11N3O3/c1-6-3-4-8(5-11-6)9(14)13-12-7(2)10(15)16/h3-5H,1-2H3,(H,13,14)(H,15,16)/b12-7+. The van der Waals surface area contributed by atoms with E-state index >= 15 is 0 Å². The topological polar surface area (TPSA) is 91.7 Å². The molecule has 6 heteroatoms. The lowest BCUT2D eigenvalue weighted by Crippen LogP contribution is -2.21. The average Bonchev–Trinajstić information content (AvgIpc) is 2.26. The first-order valence-corrected chi connectivity index (χ1v) is 4.51. The zero-order chi connectivity index (χ0) is 12.1. The number of hydrogen-bond acceptors (Lipinski definition) is 4. The maximum Gasteiger partial charge on any atom is 0.351 e. The van der Waals surface area contributed by atoms with Crippen LogP contribution in [0.3, 0.4) is 0 Å². The molecule has 16 heavy (non-hydrogen) atoms. The number of aryl methyl sites for hydroxylation is 1. The summed E-state index contributed by atoms with van der Waals surface area (Å²) in [6, 6.07) is 3.27. The third-order valence-electron chi connectivity index (χ3n) is 1.81. The Morgan fingerprint density at radius 1 is 1.44 bits per heavy atom. The van der Waals surface area contributed by atoms with E-state index in [1.54, 1.807) is 19.1 Å². The van der Waals surface area contributed by atoms with Crippen molar-refractivity contribution in [2.45, 2.75) is 13.8 Å². The van der Waals surface area contributed by atoms with Gasteiger partial charge in [-0.05, 0) is 26.0 Å². The van der Waals surface area contributed by atoms with Crippen LogP contribution < -0.4 is 5.43 Å². The molecule has 0 spiro atoms. The minimum Gasteiger partial charge on any atom is -0.477 e. The SMILES string of the molecule is C/C(=N\NC(=O)c1ccc(C)nc1)C(=O)O. The Labute approximate surface area is 92.0 Å². The van der Waals surface area contributed by atoms with Crippen molar-refractivity contribution in [2.75, 3.05) is 0 Å². The third-order valence-corrected chi connectivity index (χ3v) is 1.81. The van der Waals surface area contributed by atoms with Crippen LogP contribution in [0.15, 0.2) is 23.4 Å². The Hall–Kier alpha value is -2.24. The summed E-state index contributed by atoms with van der Waals surface area (Å²) in [5, 5.41) is 11.9. The van der Waals surface area contributed by atoms with Gasteiger partial charge in [0.05, 0.1) is 5.56 Å². The Bertz CT molecular complexity index is 437. The highest BCUT2D eigenvalue weighted by Gasteiger charge is 2.06. The van der Waals surface area contributed by atoms with Gasteiger partial charge in [0.2, 0.25) is 0 Å². The number of nitrogens with one attached hydrogen (secondary N) is 1. The van der Waals surface area contributed by atoms with E-state index in [2.05, 4.69) is 15.5 Å². The quantitative estimate of drug-likeness (QED) is 0.577. The van der Waals surface area contributed by atoms with Gasteiger partial charge in [0.25, 0.3) is 5.91 Å². The summed E-state index contributed by atoms with van der Waals surface area (Å²) in [6.07, 6.45) is 1.40. The van der Waals surface area contributed by atoms with Gasteiger partial charge in [-0.2, -0.15) is 5.10 Å². The maximum atomic E-state index is 11.4. The second-order valence-corrected chi connectivity index (χ2v) is 3.13. The van der Waals surface area contributed by atoms with Crippen molar-refractivity contribution in [3.63, 3.8) is 0 Å². The number of aliphatic carboxylic acids is 1. The highest BCUT2D eigenvalue weighted by molar-refractivity contribution is 6.34. The lowest BCUT2D eigenvalue weighted by atomic mass is 10.2. The van der Waals surface area contributed by atoms with E-state index in [0.29, 0.717) is 5.56 Å². The van der Waals surface area contributed by atoms with E-state index in [1.165, 1.54) is 13.1 Å². The summed E-state index contributed by atoms with van der Waals surface area (Å²) in [4.78, 5) is 25.8. The molecule has 1 amide bonds. The Kier molecular flexibility index (Phi) is 3.71. The summed E-state index contributed by atoms with van der Waals surface area (Å²) >= 11 is 0. The molecule has 0 radical (unpaired) electrons. The first-order valence-electron chi connectivity index (χ1n) is 4.51. The molecular formula is C10H11N3O3. The lowest BCUT2D eigenvalue weighted by molar-refractivity contribution is -0.129. The fraction of sp³-hybridized carbons (Fsp3) is 0.200. The van der Waals surface area contributed by atoms with Crippen LogP contribution in [0.1, 0.15) is 23.0 Å². The van der Waals surface area contributed by atoms with Crippen molar-refractivity contribution < 1.29 is 14.7 Å². The summed E-state index contributed by atoms with van der Waals surface area (Å²) < 4.78 is 0. The first kappa shape index (κ1) is 11.8. The number of carbonyl (C=O) groups is 2. The van der Waals surface area contributed by atoms with Gasteiger partial charge >= 0.3 is 5.97 Å². The van der Waals surface area contributed by atoms with Crippen molar-refractivity contribution in [3.05, 3.63) is 29.6 Å². The molecule has 0 atom stereocenters. The Balaban J connectivity index is 2.70. The number of carbonyl (C=O) groups excluding carboxylic acids is 1. The molecule has 0 aliphatic heterocycles. The van der Waals surface area contributed by atoms with Crippen molar-refractivity contribution >= 4 is 17.6 Å². The molecule has 1 rings (SSSR count). The summed E-state index contributed by atoms with van der Waals surface area (Å²) in [7, 11) is 0. The van der Waals surface area contributed by atoms with Crippen molar-refractivity contribution in [3.8, 4) is 0 Å². The Morgan fingerprint density at radius 3 is 2.62 bits per heavy atom. The van der Waals surface area contributed by atoms with Crippen LogP contribution in [-0.4, -0.2) is 27.7 Å². The van der Waals surface area contributed by atoms with Gasteiger partial charge in [-0.25, -0.2) is 10.2 Å². The van der Waals surface area contributed by atoms with Gasteiger partial charge in [0.1, 0.15) is 5.71 Å². The summed E-state index contributed by atoms with van der Waals surface area (Å²) in [5.41, 5.74) is 3.06. The van der Waals surface area contributed by atoms with Gasteiger partial charge in [-0.1, -0.05) is 0 Å². The van der Waals surface area contributed by atoms with E-state index < -0.39 is 11.9 Å². The molecule has 84 valence electrons. The number of rotatable bonds is 3. The number of carboxylic acids is 1. The van der Waals surface area contributed by atoms with Gasteiger partial charge in [-0.3, -0.25) is 9.78 Å². The lowest BCUT2D eigenvalue weighted by Gasteiger charge is -2.00. The molecule has 0 bridgehead atoms. The van der Waals surface area contributed by atoms with Crippen molar-refractivity contribution in [1.29, 1.82) is 0 Å². The van der Waals surface area contributed by atoms with Crippen LogP contribution in [0, 0.1) is 6.92 Å². The molecule has 6 nitrogen and oxygen atoms in total. The smallest absolute Gasteiger partial charge is 0.351 e. The fourth-order valence-electron chi connectivity index (χ4n) is 0.849. The number of aromatic nitrogens is 1. The second kappa shape index (κ2) is 5.01. The van der Waals surface area contributed by atoms with Crippen LogP contribution in [-0.2, 0) is 4.79 Å². The molecule has 0 unspecified atom stereocenters. The number of hydrogen-bond donors (Lipinski definition) is 2. The van der Waals surface area contributed by atoms with E-state index in [0.717, 1.165) is 5.69 Å². The van der Waals surface area contributed by atoms with Crippen LogP contribution in [0.25, 0.3) is 0 Å². The molecule has 1 heterocycles. The predicted molar refractivity (Wildman–Crippen MR) is 57.2 cm³/mol. The van der Waals surface area contributed by atoms with Crippen molar-refractivity contribution in [1.82, 2.24) is 10.4 Å². The molecule has 1 aromatic rings. The first-order chi connectivity index (χ1) is 7.50. The minimum absolute atomic E-state index is 0.187. The van der Waals surface area contributed by atoms with E-state index in [-0.39, 0.29) is 5.71 Å². The molecule has 1 aromatic heterocycles. The predicted octanol–water partition coefficient (Wildman–Crippen LogP) is 0.580. The summed E-state index contributed by atoms with van der Waals surface area (Å²) in [5.74, 6) is -1.67. The van der Waals surface area contributed by atoms with Gasteiger partial charge < -0.3 is 5.11 Å². The molecule has 0 saturated carbocycles. The van der Waals surface area contributed by atoms with Crippen LogP contribution in [0.5, 0.6) is 0 Å². The van der Waals surface area contributed by atoms with Crippen LogP contribution in [0.2, 0.25) is 0 Å². The molecule has 0 aliphatic carbocycles. The number of hydrazone groups is 1. The maximum absolute atomic E-state index is 11.4. The van der Waals surface area contributed by atoms with Gasteiger partial charge in [0, 0.05) is 11.9 Å². The molecule has 2 N–H and O–H groups in total. The monoisotopic (exact) mass is 221 g/mol. The second-order valence-electron chi connectivity index (χ2n) is 3.13. The summed E-state index contributed by atoms with van der Waals surface area (Å²) in [6.45, 7) is 3.09. The van der Waals surface area contributed by atoms with Crippen LogP contribution >= 0.6 is 0 Å². The van der Waals surface area contributed by atoms with Gasteiger partial charge in [0.15, 0.2) is 0 Å². The zero-order valence-corrected chi connectivity index (χ0v) is 8.89. The molecule has 0 fully saturated rings. The number of pyridine rings is 1. The normalized spacial score (nSPS) is 11.0. The molecule has 0 aliphatic rings. The fourth-order valence-corrected chi connectivity index (χ4v) is 0.849. The minimum atomic E-state index is -1.18. The third kappa shape index (κ3) is 3.16. The highest BCUT2D eigenvalue weighted by atomic mass is 16.4. The zero-order valence-electron chi connectivity index (χ0n) is 8.89. The molecule has 0 saturated heterocycles. The highest BCUT2D eigenvalue weighted by Crippen LogP contribution is 1.98. The Morgan fingerprint density at radius 2 is 2.12 bits per heavy atom. The largest absolute Gasteiger partial charge is 0.477 e.